The Labute approximate surface area is 97.3 Å². The van der Waals surface area contributed by atoms with Crippen LogP contribution in [0.3, 0.4) is 0 Å². The SMILES string of the molecule is COCC(COCCc1[c]cccc1)OC. The van der Waals surface area contributed by atoms with Crippen molar-refractivity contribution in [3.05, 3.63) is 35.9 Å². The van der Waals surface area contributed by atoms with Gasteiger partial charge in [0.05, 0.1) is 19.8 Å². The Kier molecular flexibility index (Phi) is 6.81. The summed E-state index contributed by atoms with van der Waals surface area (Å²) in [5.41, 5.74) is 1.17. The van der Waals surface area contributed by atoms with Gasteiger partial charge in [-0.1, -0.05) is 24.3 Å². The number of hydrogen-bond donors (Lipinski definition) is 0. The van der Waals surface area contributed by atoms with Crippen molar-refractivity contribution in [1.29, 1.82) is 0 Å². The molecule has 0 aromatic heterocycles. The van der Waals surface area contributed by atoms with Gasteiger partial charge in [0.25, 0.3) is 0 Å². The molecule has 0 spiro atoms. The number of ether oxygens (including phenoxy) is 3. The molecule has 3 nitrogen and oxygen atoms in total. The Morgan fingerprint density at radius 3 is 2.75 bits per heavy atom. The molecule has 0 aliphatic rings. The van der Waals surface area contributed by atoms with Gasteiger partial charge in [-0.3, -0.25) is 0 Å². The van der Waals surface area contributed by atoms with Gasteiger partial charge in [-0.05, 0) is 18.1 Å². The van der Waals surface area contributed by atoms with Crippen molar-refractivity contribution in [3.63, 3.8) is 0 Å². The highest BCUT2D eigenvalue weighted by Gasteiger charge is 2.06. The molecule has 0 fully saturated rings. The fourth-order valence-electron chi connectivity index (χ4n) is 1.35. The highest BCUT2D eigenvalue weighted by atomic mass is 16.5. The van der Waals surface area contributed by atoms with Crippen LogP contribution in [0, 0.1) is 6.07 Å². The third-order valence-electron chi connectivity index (χ3n) is 2.28. The quantitative estimate of drug-likeness (QED) is 0.628. The summed E-state index contributed by atoms with van der Waals surface area (Å²) in [6.07, 6.45) is 0.898. The molecule has 1 aromatic rings. The molecular weight excluding hydrogens is 204 g/mol. The minimum Gasteiger partial charge on any atom is -0.382 e. The number of benzene rings is 1. The van der Waals surface area contributed by atoms with E-state index in [0.717, 1.165) is 6.42 Å². The van der Waals surface area contributed by atoms with Crippen molar-refractivity contribution in [2.75, 3.05) is 34.0 Å². The molecule has 0 N–H and O–H groups in total. The van der Waals surface area contributed by atoms with E-state index in [9.17, 15) is 0 Å². The molecule has 0 aliphatic carbocycles. The van der Waals surface area contributed by atoms with Crippen LogP contribution < -0.4 is 0 Å². The summed E-state index contributed by atoms with van der Waals surface area (Å²) in [7, 11) is 3.32. The first-order chi connectivity index (χ1) is 7.86. The second-order valence-electron chi connectivity index (χ2n) is 3.53. The molecule has 1 atom stereocenters. The molecule has 0 bridgehead atoms. The Morgan fingerprint density at radius 2 is 2.12 bits per heavy atom. The molecular formula is C13H19O3. The average Bonchev–Trinajstić information content (AvgIpc) is 2.34. The standard InChI is InChI=1S/C13H19O3/c1-14-10-13(15-2)11-16-9-8-12-6-4-3-5-7-12/h3-6,13H,8-11H2,1-2H3. The van der Waals surface area contributed by atoms with E-state index in [0.29, 0.717) is 19.8 Å². The molecule has 0 saturated carbocycles. The molecule has 16 heavy (non-hydrogen) atoms. The third-order valence-corrected chi connectivity index (χ3v) is 2.28. The van der Waals surface area contributed by atoms with Crippen LogP contribution in [0.5, 0.6) is 0 Å². The van der Waals surface area contributed by atoms with E-state index in [1.54, 1.807) is 14.2 Å². The lowest BCUT2D eigenvalue weighted by atomic mass is 10.2. The fourth-order valence-corrected chi connectivity index (χ4v) is 1.35. The van der Waals surface area contributed by atoms with Gasteiger partial charge in [0.15, 0.2) is 0 Å². The zero-order valence-electron chi connectivity index (χ0n) is 9.94. The Morgan fingerprint density at radius 1 is 1.25 bits per heavy atom. The maximum Gasteiger partial charge on any atom is 0.104 e. The summed E-state index contributed by atoms with van der Waals surface area (Å²) < 4.78 is 15.7. The van der Waals surface area contributed by atoms with Crippen molar-refractivity contribution in [1.82, 2.24) is 0 Å². The monoisotopic (exact) mass is 223 g/mol. The first kappa shape index (κ1) is 13.2. The summed E-state index contributed by atoms with van der Waals surface area (Å²) in [5.74, 6) is 0. The lowest BCUT2D eigenvalue weighted by Crippen LogP contribution is -2.24. The Balaban J connectivity index is 2.11. The van der Waals surface area contributed by atoms with Crippen LogP contribution in [0.15, 0.2) is 24.3 Å². The lowest BCUT2D eigenvalue weighted by Gasteiger charge is -2.14. The van der Waals surface area contributed by atoms with E-state index in [2.05, 4.69) is 6.07 Å². The highest BCUT2D eigenvalue weighted by Crippen LogP contribution is 1.99. The van der Waals surface area contributed by atoms with Crippen molar-refractivity contribution < 1.29 is 14.2 Å². The average molecular weight is 223 g/mol. The molecule has 1 unspecified atom stereocenters. The van der Waals surface area contributed by atoms with Crippen LogP contribution in [0.2, 0.25) is 0 Å². The zero-order valence-corrected chi connectivity index (χ0v) is 9.94. The van der Waals surface area contributed by atoms with Crippen LogP contribution in [0.1, 0.15) is 5.56 Å². The van der Waals surface area contributed by atoms with Crippen molar-refractivity contribution in [3.8, 4) is 0 Å². The minimum absolute atomic E-state index is 0.0183. The van der Waals surface area contributed by atoms with Gasteiger partial charge in [-0.2, -0.15) is 0 Å². The van der Waals surface area contributed by atoms with E-state index in [1.807, 2.05) is 24.3 Å². The summed E-state index contributed by atoms with van der Waals surface area (Å²) >= 11 is 0. The van der Waals surface area contributed by atoms with Gasteiger partial charge in [0.2, 0.25) is 0 Å². The van der Waals surface area contributed by atoms with Gasteiger partial charge in [-0.25, -0.2) is 0 Å². The number of hydrogen-bond acceptors (Lipinski definition) is 3. The zero-order chi connectivity index (χ0) is 11.6. The van der Waals surface area contributed by atoms with Crippen molar-refractivity contribution >= 4 is 0 Å². The topological polar surface area (TPSA) is 27.7 Å². The summed E-state index contributed by atoms with van der Waals surface area (Å²) in [5, 5.41) is 0. The van der Waals surface area contributed by atoms with Crippen molar-refractivity contribution in [2.45, 2.75) is 12.5 Å². The van der Waals surface area contributed by atoms with Gasteiger partial charge in [-0.15, -0.1) is 0 Å². The van der Waals surface area contributed by atoms with Gasteiger partial charge in [0.1, 0.15) is 6.10 Å². The molecule has 0 heterocycles. The Bertz CT molecular complexity index is 261. The molecule has 1 radical (unpaired) electrons. The van der Waals surface area contributed by atoms with E-state index in [4.69, 9.17) is 14.2 Å². The highest BCUT2D eigenvalue weighted by molar-refractivity contribution is 5.12. The van der Waals surface area contributed by atoms with Crippen LogP contribution in [0.4, 0.5) is 0 Å². The molecule has 89 valence electrons. The van der Waals surface area contributed by atoms with Gasteiger partial charge >= 0.3 is 0 Å². The molecule has 0 aliphatic heterocycles. The van der Waals surface area contributed by atoms with Crippen molar-refractivity contribution in [2.24, 2.45) is 0 Å². The third kappa shape index (κ3) is 5.26. The molecule has 0 saturated heterocycles. The van der Waals surface area contributed by atoms with E-state index >= 15 is 0 Å². The maximum atomic E-state index is 5.52. The van der Waals surface area contributed by atoms with Gasteiger partial charge < -0.3 is 14.2 Å². The van der Waals surface area contributed by atoms with E-state index < -0.39 is 0 Å². The van der Waals surface area contributed by atoms with Gasteiger partial charge in [0, 0.05) is 14.2 Å². The molecule has 1 aromatic carbocycles. The second-order valence-corrected chi connectivity index (χ2v) is 3.53. The van der Waals surface area contributed by atoms with E-state index in [1.165, 1.54) is 5.56 Å². The largest absolute Gasteiger partial charge is 0.382 e. The predicted octanol–water partition coefficient (Wildman–Crippen LogP) is 1.71. The first-order valence-electron chi connectivity index (χ1n) is 5.42. The van der Waals surface area contributed by atoms with E-state index in [-0.39, 0.29) is 6.10 Å². The number of rotatable bonds is 8. The summed E-state index contributed by atoms with van der Waals surface area (Å²) in [4.78, 5) is 0. The minimum atomic E-state index is 0.0183. The summed E-state index contributed by atoms with van der Waals surface area (Å²) in [6, 6.07) is 11.1. The van der Waals surface area contributed by atoms with Crippen LogP contribution in [-0.2, 0) is 20.6 Å². The fraction of sp³-hybridized carbons (Fsp3) is 0.538. The lowest BCUT2D eigenvalue weighted by molar-refractivity contribution is -0.0296. The predicted molar refractivity (Wildman–Crippen MR) is 62.5 cm³/mol. The molecule has 0 amide bonds. The maximum absolute atomic E-state index is 5.52. The molecule has 1 rings (SSSR count). The second kappa shape index (κ2) is 8.28. The normalized spacial score (nSPS) is 12.6. The number of methoxy groups -OCH3 is 2. The first-order valence-corrected chi connectivity index (χ1v) is 5.42. The van der Waals surface area contributed by atoms with Crippen LogP contribution in [0.25, 0.3) is 0 Å². The molecule has 3 heteroatoms. The van der Waals surface area contributed by atoms with Crippen LogP contribution in [-0.4, -0.2) is 40.1 Å². The Hall–Kier alpha value is -0.900. The summed E-state index contributed by atoms with van der Waals surface area (Å²) in [6.45, 7) is 1.81. The smallest absolute Gasteiger partial charge is 0.104 e. The van der Waals surface area contributed by atoms with Crippen LogP contribution >= 0.6 is 0 Å².